The number of H-pyrrole nitrogens is 1. The molecule has 1 N–H and O–H groups in total. The van der Waals surface area contributed by atoms with Crippen LogP contribution in [0.1, 0.15) is 30.9 Å². The molecule has 5 heteroatoms. The van der Waals surface area contributed by atoms with Gasteiger partial charge in [0.2, 0.25) is 0 Å². The summed E-state index contributed by atoms with van der Waals surface area (Å²) in [7, 11) is 4.15. The molecule has 0 aliphatic carbocycles. The number of allylic oxidation sites excluding steroid dienone is 6. The number of hydrogen-bond acceptors (Lipinski definition) is 2. The van der Waals surface area contributed by atoms with E-state index in [4.69, 9.17) is 16.6 Å². The van der Waals surface area contributed by atoms with Crippen molar-refractivity contribution in [1.29, 1.82) is 0 Å². The number of nitrogens with one attached hydrogen (secondary N) is 1. The fourth-order valence-corrected chi connectivity index (χ4v) is 3.73. The minimum absolute atomic E-state index is 0.135. The first-order valence-corrected chi connectivity index (χ1v) is 11.4. The van der Waals surface area contributed by atoms with E-state index >= 15 is 0 Å². The van der Waals surface area contributed by atoms with Gasteiger partial charge >= 0.3 is 0 Å². The second kappa shape index (κ2) is 11.7. The number of aromatic amines is 1. The number of nitrogens with zero attached hydrogens (tertiary/aromatic N) is 3. The summed E-state index contributed by atoms with van der Waals surface area (Å²) < 4.78 is 2.11. The van der Waals surface area contributed by atoms with Crippen molar-refractivity contribution >= 4 is 23.8 Å². The molecule has 1 atom stereocenters. The Hall–Kier alpha value is -2.82. The zero-order valence-corrected chi connectivity index (χ0v) is 20.0. The van der Waals surface area contributed by atoms with Crippen molar-refractivity contribution in [3.05, 3.63) is 99.9 Å². The first-order chi connectivity index (χ1) is 15.5. The molecule has 0 saturated carbocycles. The Kier molecular flexibility index (Phi) is 8.72. The van der Waals surface area contributed by atoms with Crippen LogP contribution in [0.15, 0.2) is 82.9 Å². The van der Waals surface area contributed by atoms with Gasteiger partial charge in [-0.1, -0.05) is 85.0 Å². The van der Waals surface area contributed by atoms with Crippen molar-refractivity contribution in [2.24, 2.45) is 4.99 Å². The van der Waals surface area contributed by atoms with Gasteiger partial charge in [0.25, 0.3) is 0 Å². The van der Waals surface area contributed by atoms with E-state index in [1.165, 1.54) is 11.1 Å². The van der Waals surface area contributed by atoms with Crippen LogP contribution >= 0.6 is 11.6 Å². The van der Waals surface area contributed by atoms with E-state index in [2.05, 4.69) is 90.0 Å². The van der Waals surface area contributed by atoms with Crippen molar-refractivity contribution in [1.82, 2.24) is 14.7 Å². The van der Waals surface area contributed by atoms with Crippen molar-refractivity contribution in [3.63, 3.8) is 0 Å². The molecule has 32 heavy (non-hydrogen) atoms. The summed E-state index contributed by atoms with van der Waals surface area (Å²) >= 11 is 6.40. The maximum Gasteiger partial charge on any atom is 0.168 e. The van der Waals surface area contributed by atoms with E-state index in [0.717, 1.165) is 47.4 Å². The predicted molar refractivity (Wildman–Crippen MR) is 137 cm³/mol. The smallest absolute Gasteiger partial charge is 0.168 e. The molecule has 0 amide bonds. The van der Waals surface area contributed by atoms with E-state index in [-0.39, 0.29) is 6.04 Å². The van der Waals surface area contributed by atoms with Crippen molar-refractivity contribution in [3.8, 4) is 0 Å². The standard InChI is InChI=1S/C27H33ClN4/c1-5-7-10-21-11-8-12-22(19-21)20-32-27-26(30-32)16-15-24(29-27)14-9-13-23(25(28)6-2)17-18-31(3)4/h5-14,16,19,24,30H,1,15,17-18,20H2,2-4H3/b10-7-,14-9+,23-13-,25-6+. The Morgan fingerprint density at radius 3 is 2.94 bits per heavy atom. The lowest BCUT2D eigenvalue weighted by Crippen LogP contribution is -2.51. The zero-order valence-electron chi connectivity index (χ0n) is 19.3. The van der Waals surface area contributed by atoms with Gasteiger partial charge < -0.3 is 4.90 Å². The van der Waals surface area contributed by atoms with Gasteiger partial charge in [-0.3, -0.25) is 14.8 Å². The van der Waals surface area contributed by atoms with Gasteiger partial charge in [-0.25, -0.2) is 0 Å². The molecule has 1 aliphatic rings. The van der Waals surface area contributed by atoms with Gasteiger partial charge in [0.1, 0.15) is 0 Å². The summed E-state index contributed by atoms with van der Waals surface area (Å²) in [5.41, 5.74) is 4.58. The van der Waals surface area contributed by atoms with Crippen LogP contribution in [0.2, 0.25) is 0 Å². The van der Waals surface area contributed by atoms with Crippen LogP contribution in [-0.4, -0.2) is 41.4 Å². The highest BCUT2D eigenvalue weighted by Crippen LogP contribution is 2.19. The van der Waals surface area contributed by atoms with E-state index < -0.39 is 0 Å². The van der Waals surface area contributed by atoms with Crippen molar-refractivity contribution in [2.75, 3.05) is 20.6 Å². The highest BCUT2D eigenvalue weighted by Gasteiger charge is 2.11. The molecule has 1 aromatic heterocycles. The average molecular weight is 449 g/mol. The van der Waals surface area contributed by atoms with Crippen LogP contribution in [0, 0.1) is 0 Å². The Bertz CT molecular complexity index is 1150. The highest BCUT2D eigenvalue weighted by molar-refractivity contribution is 6.31. The van der Waals surface area contributed by atoms with E-state index in [0.29, 0.717) is 0 Å². The number of aromatic nitrogens is 2. The predicted octanol–water partition coefficient (Wildman–Crippen LogP) is 4.81. The van der Waals surface area contributed by atoms with Crippen LogP contribution in [0.4, 0.5) is 0 Å². The Balaban J connectivity index is 1.72. The normalized spacial score (nSPS) is 17.1. The second-order valence-corrected chi connectivity index (χ2v) is 8.59. The van der Waals surface area contributed by atoms with Gasteiger partial charge in [-0.05, 0) is 56.6 Å². The molecule has 1 unspecified atom stereocenters. The lowest BCUT2D eigenvalue weighted by atomic mass is 10.1. The molecule has 2 aromatic rings. The fraction of sp³-hybridized carbons (Fsp3) is 0.296. The molecule has 2 heterocycles. The van der Waals surface area contributed by atoms with Crippen LogP contribution in [-0.2, 0) is 6.54 Å². The van der Waals surface area contributed by atoms with Gasteiger partial charge in [0.15, 0.2) is 5.49 Å². The minimum atomic E-state index is 0.135. The topological polar surface area (TPSA) is 36.3 Å². The molecule has 3 rings (SSSR count). The maximum atomic E-state index is 6.40. The van der Waals surface area contributed by atoms with E-state index in [9.17, 15) is 0 Å². The summed E-state index contributed by atoms with van der Waals surface area (Å²) in [6, 6.07) is 8.64. The minimum Gasteiger partial charge on any atom is -0.309 e. The third-order valence-electron chi connectivity index (χ3n) is 5.34. The number of hydrogen-bond donors (Lipinski definition) is 1. The maximum absolute atomic E-state index is 6.40. The summed E-state index contributed by atoms with van der Waals surface area (Å²) in [5, 5.41) is 5.34. The van der Waals surface area contributed by atoms with Crippen LogP contribution in [0.25, 0.3) is 12.2 Å². The molecule has 0 radical (unpaired) electrons. The summed E-state index contributed by atoms with van der Waals surface area (Å²) in [4.78, 5) is 7.12. The second-order valence-electron chi connectivity index (χ2n) is 8.18. The molecule has 4 nitrogen and oxygen atoms in total. The van der Waals surface area contributed by atoms with Crippen molar-refractivity contribution < 1.29 is 0 Å². The monoisotopic (exact) mass is 448 g/mol. The summed E-state index contributed by atoms with van der Waals surface area (Å²) in [6.07, 6.45) is 18.2. The van der Waals surface area contributed by atoms with Crippen molar-refractivity contribution in [2.45, 2.75) is 32.4 Å². The molecule has 0 bridgehead atoms. The molecule has 0 saturated heterocycles. The Morgan fingerprint density at radius 2 is 2.19 bits per heavy atom. The van der Waals surface area contributed by atoms with Crippen LogP contribution in [0.5, 0.6) is 0 Å². The number of rotatable bonds is 10. The molecule has 1 aliphatic heterocycles. The third kappa shape index (κ3) is 6.59. The number of benzene rings is 1. The molecular formula is C27H33ClN4. The van der Waals surface area contributed by atoms with E-state index in [1.54, 1.807) is 6.08 Å². The summed E-state index contributed by atoms with van der Waals surface area (Å²) in [5.74, 6) is 0. The Labute approximate surface area is 196 Å². The molecule has 1 aromatic carbocycles. The summed E-state index contributed by atoms with van der Waals surface area (Å²) in [6.45, 7) is 7.44. The number of halogens is 1. The zero-order chi connectivity index (χ0) is 22.9. The molecule has 168 valence electrons. The van der Waals surface area contributed by atoms with Gasteiger partial charge in [0.05, 0.1) is 17.9 Å². The molecule has 0 fully saturated rings. The van der Waals surface area contributed by atoms with E-state index in [1.807, 2.05) is 19.1 Å². The highest BCUT2D eigenvalue weighted by atomic mass is 35.5. The quantitative estimate of drug-likeness (QED) is 0.520. The van der Waals surface area contributed by atoms with Crippen LogP contribution in [0.3, 0.4) is 0 Å². The van der Waals surface area contributed by atoms with Gasteiger partial charge in [0, 0.05) is 11.6 Å². The first kappa shape index (κ1) is 23.8. The first-order valence-electron chi connectivity index (χ1n) is 11.0. The Morgan fingerprint density at radius 1 is 1.34 bits per heavy atom. The lowest BCUT2D eigenvalue weighted by molar-refractivity contribution is 0.414. The lowest BCUT2D eigenvalue weighted by Gasteiger charge is -2.18. The van der Waals surface area contributed by atoms with Gasteiger partial charge in [-0.2, -0.15) is 0 Å². The van der Waals surface area contributed by atoms with Gasteiger partial charge in [-0.15, -0.1) is 0 Å². The third-order valence-corrected chi connectivity index (χ3v) is 5.80. The molecular weight excluding hydrogens is 416 g/mol. The SMILES string of the molecule is C=C/C=C\c1cccc(Cn2[nH]c3c2=NC(/C=C/C=C(CCN(C)C)\C(Cl)=C/C)CC=3)c1. The fourth-order valence-electron chi connectivity index (χ4n) is 3.57. The average Bonchev–Trinajstić information content (AvgIpc) is 2.78. The largest absolute Gasteiger partial charge is 0.309 e. The van der Waals surface area contributed by atoms with Crippen LogP contribution < -0.4 is 10.8 Å². The molecule has 0 spiro atoms. The number of fused-ring (bicyclic) bond motifs is 1.